The lowest BCUT2D eigenvalue weighted by molar-refractivity contribution is -0.120. The van der Waals surface area contributed by atoms with Gasteiger partial charge in [-0.1, -0.05) is 18.2 Å². The molecule has 8 nitrogen and oxygen atoms in total. The van der Waals surface area contributed by atoms with E-state index in [0.717, 1.165) is 10.9 Å². The number of aryl methyl sites for hydroxylation is 1. The minimum Gasteiger partial charge on any atom is -0.444 e. The number of halogens is 1. The van der Waals surface area contributed by atoms with Gasteiger partial charge >= 0.3 is 0 Å². The number of hydrogen-bond acceptors (Lipinski definition) is 4. The first kappa shape index (κ1) is 17.7. The van der Waals surface area contributed by atoms with Gasteiger partial charge in [0.25, 0.3) is 17.7 Å². The predicted octanol–water partition coefficient (Wildman–Crippen LogP) is 1.72. The van der Waals surface area contributed by atoms with E-state index in [1.54, 1.807) is 12.3 Å². The molecule has 3 aromatic rings. The summed E-state index contributed by atoms with van der Waals surface area (Å²) in [6, 6.07) is 10.5. The smallest absolute Gasteiger partial charge is 0.287 e. The second-order valence-electron chi connectivity index (χ2n) is 5.46. The van der Waals surface area contributed by atoms with E-state index in [2.05, 4.69) is 32.1 Å². The van der Waals surface area contributed by atoms with Gasteiger partial charge in [-0.05, 0) is 34.1 Å². The minimum atomic E-state index is -0.572. The third-order valence-electron chi connectivity index (χ3n) is 3.66. The molecule has 0 saturated carbocycles. The standard InChI is InChI=1S/C17H15BrN4O4/c1-22-9-11(10-4-2-3-5-12(10)22)16(24)21-20-15(23)8-19-17(25)13-6-7-14(18)26-13/h2-7,9H,8H2,1H3,(H,19,25)(H,20,23)(H,21,24). The van der Waals surface area contributed by atoms with Gasteiger partial charge in [-0.3, -0.25) is 25.2 Å². The lowest BCUT2D eigenvalue weighted by Gasteiger charge is -2.07. The van der Waals surface area contributed by atoms with E-state index in [1.165, 1.54) is 6.07 Å². The van der Waals surface area contributed by atoms with Crippen LogP contribution in [0.15, 0.2) is 51.7 Å². The number of rotatable bonds is 4. The van der Waals surface area contributed by atoms with E-state index in [0.29, 0.717) is 10.2 Å². The predicted molar refractivity (Wildman–Crippen MR) is 97.3 cm³/mol. The van der Waals surface area contributed by atoms with Crippen LogP contribution in [0.1, 0.15) is 20.9 Å². The molecule has 3 N–H and O–H groups in total. The van der Waals surface area contributed by atoms with Gasteiger partial charge in [-0.2, -0.15) is 0 Å². The zero-order valence-corrected chi connectivity index (χ0v) is 15.3. The number of furan rings is 1. The van der Waals surface area contributed by atoms with E-state index in [9.17, 15) is 14.4 Å². The number of amides is 3. The normalized spacial score (nSPS) is 10.5. The van der Waals surface area contributed by atoms with Gasteiger partial charge in [0.1, 0.15) is 0 Å². The average Bonchev–Trinajstić information content (AvgIpc) is 3.22. The number of hydrogen-bond donors (Lipinski definition) is 3. The molecule has 0 saturated heterocycles. The van der Waals surface area contributed by atoms with Crippen molar-refractivity contribution in [1.29, 1.82) is 0 Å². The zero-order valence-electron chi connectivity index (χ0n) is 13.7. The van der Waals surface area contributed by atoms with Crippen molar-refractivity contribution in [3.05, 3.63) is 58.6 Å². The van der Waals surface area contributed by atoms with Crippen molar-refractivity contribution < 1.29 is 18.8 Å². The van der Waals surface area contributed by atoms with Gasteiger partial charge in [0.15, 0.2) is 10.4 Å². The molecule has 3 rings (SSSR count). The Kier molecular flexibility index (Phi) is 5.08. The molecule has 0 atom stereocenters. The molecule has 134 valence electrons. The van der Waals surface area contributed by atoms with Crippen LogP contribution in [-0.4, -0.2) is 28.8 Å². The number of benzene rings is 1. The molecule has 0 aliphatic carbocycles. The fourth-order valence-electron chi connectivity index (χ4n) is 2.44. The van der Waals surface area contributed by atoms with Crippen molar-refractivity contribution in [2.75, 3.05) is 6.54 Å². The first-order valence-electron chi connectivity index (χ1n) is 7.62. The van der Waals surface area contributed by atoms with Crippen molar-refractivity contribution in [1.82, 2.24) is 20.7 Å². The Balaban J connectivity index is 1.54. The highest BCUT2D eigenvalue weighted by Crippen LogP contribution is 2.19. The van der Waals surface area contributed by atoms with Crippen molar-refractivity contribution in [3.8, 4) is 0 Å². The first-order valence-corrected chi connectivity index (χ1v) is 8.42. The maximum Gasteiger partial charge on any atom is 0.287 e. The van der Waals surface area contributed by atoms with Crippen LogP contribution in [-0.2, 0) is 11.8 Å². The molecule has 0 radical (unpaired) electrons. The van der Waals surface area contributed by atoms with Gasteiger partial charge in [0.05, 0.1) is 12.1 Å². The minimum absolute atomic E-state index is 0.0736. The fourth-order valence-corrected chi connectivity index (χ4v) is 2.75. The van der Waals surface area contributed by atoms with Crippen molar-refractivity contribution >= 4 is 44.6 Å². The molecule has 9 heteroatoms. The van der Waals surface area contributed by atoms with Crippen LogP contribution in [0.3, 0.4) is 0 Å². The van der Waals surface area contributed by atoms with Crippen LogP contribution >= 0.6 is 15.9 Å². The Morgan fingerprint density at radius 2 is 1.85 bits per heavy atom. The summed E-state index contributed by atoms with van der Waals surface area (Å²) in [5.74, 6) is -1.48. The number of hydrazine groups is 1. The molecular formula is C17H15BrN4O4. The maximum atomic E-state index is 12.3. The summed E-state index contributed by atoms with van der Waals surface area (Å²) in [6.07, 6.45) is 1.68. The van der Waals surface area contributed by atoms with Gasteiger partial charge in [0, 0.05) is 24.1 Å². The summed E-state index contributed by atoms with van der Waals surface area (Å²) in [5.41, 5.74) is 5.94. The summed E-state index contributed by atoms with van der Waals surface area (Å²) < 4.78 is 7.32. The molecule has 2 heterocycles. The highest BCUT2D eigenvalue weighted by Gasteiger charge is 2.15. The summed E-state index contributed by atoms with van der Waals surface area (Å²) in [6.45, 7) is -0.313. The molecule has 0 bridgehead atoms. The SMILES string of the molecule is Cn1cc(C(=O)NNC(=O)CNC(=O)c2ccc(Br)o2)c2ccccc21. The summed E-state index contributed by atoms with van der Waals surface area (Å²) in [7, 11) is 1.83. The van der Waals surface area contributed by atoms with Gasteiger partial charge in [-0.15, -0.1) is 0 Å². The quantitative estimate of drug-likeness (QED) is 0.560. The molecule has 0 spiro atoms. The van der Waals surface area contributed by atoms with Gasteiger partial charge in [-0.25, -0.2) is 0 Å². The lowest BCUT2D eigenvalue weighted by atomic mass is 10.2. The molecule has 0 unspecified atom stereocenters. The number of carbonyl (C=O) groups is 3. The molecule has 3 amide bonds. The molecule has 26 heavy (non-hydrogen) atoms. The Morgan fingerprint density at radius 3 is 2.58 bits per heavy atom. The highest BCUT2D eigenvalue weighted by molar-refractivity contribution is 9.10. The van der Waals surface area contributed by atoms with E-state index in [4.69, 9.17) is 4.42 Å². The van der Waals surface area contributed by atoms with Gasteiger partial charge in [0.2, 0.25) is 0 Å². The summed E-state index contributed by atoms with van der Waals surface area (Å²) >= 11 is 3.09. The third-order valence-corrected chi connectivity index (χ3v) is 4.09. The van der Waals surface area contributed by atoms with Crippen LogP contribution in [0.5, 0.6) is 0 Å². The second kappa shape index (κ2) is 7.44. The van der Waals surface area contributed by atoms with Crippen LogP contribution in [0.2, 0.25) is 0 Å². The largest absolute Gasteiger partial charge is 0.444 e. The Labute approximate surface area is 156 Å². The monoisotopic (exact) mass is 418 g/mol. The molecule has 0 aliphatic rings. The van der Waals surface area contributed by atoms with Crippen LogP contribution in [0.4, 0.5) is 0 Å². The summed E-state index contributed by atoms with van der Waals surface area (Å²) in [5, 5.41) is 3.16. The van der Waals surface area contributed by atoms with E-state index in [-0.39, 0.29) is 12.3 Å². The van der Waals surface area contributed by atoms with Crippen LogP contribution in [0, 0.1) is 0 Å². The number of para-hydroxylation sites is 1. The number of nitrogens with one attached hydrogen (secondary N) is 3. The van der Waals surface area contributed by atoms with Crippen LogP contribution in [0.25, 0.3) is 10.9 Å². The van der Waals surface area contributed by atoms with Gasteiger partial charge < -0.3 is 14.3 Å². The van der Waals surface area contributed by atoms with Crippen molar-refractivity contribution in [2.45, 2.75) is 0 Å². The number of aromatic nitrogens is 1. The van der Waals surface area contributed by atoms with E-state index < -0.39 is 17.7 Å². The lowest BCUT2D eigenvalue weighted by Crippen LogP contribution is -2.46. The van der Waals surface area contributed by atoms with E-state index in [1.807, 2.05) is 35.9 Å². The summed E-state index contributed by atoms with van der Waals surface area (Å²) in [4.78, 5) is 35.9. The van der Waals surface area contributed by atoms with E-state index >= 15 is 0 Å². The zero-order chi connectivity index (χ0) is 18.7. The Morgan fingerprint density at radius 1 is 1.08 bits per heavy atom. The number of carbonyl (C=O) groups excluding carboxylic acids is 3. The van der Waals surface area contributed by atoms with Crippen LogP contribution < -0.4 is 16.2 Å². The van der Waals surface area contributed by atoms with Crippen molar-refractivity contribution in [2.24, 2.45) is 7.05 Å². The number of nitrogens with zero attached hydrogens (tertiary/aromatic N) is 1. The maximum absolute atomic E-state index is 12.3. The molecule has 0 aliphatic heterocycles. The van der Waals surface area contributed by atoms with Crippen molar-refractivity contribution in [3.63, 3.8) is 0 Å². The topological polar surface area (TPSA) is 105 Å². The second-order valence-corrected chi connectivity index (χ2v) is 6.24. The molecule has 1 aromatic carbocycles. The first-order chi connectivity index (χ1) is 12.5. The third kappa shape index (κ3) is 3.77. The average molecular weight is 419 g/mol. The molecular weight excluding hydrogens is 404 g/mol. The molecule has 2 aromatic heterocycles. The highest BCUT2D eigenvalue weighted by atomic mass is 79.9. The number of fused-ring (bicyclic) bond motifs is 1. The Bertz CT molecular complexity index is 992. The Hall–Kier alpha value is -3.07. The fraction of sp³-hybridized carbons (Fsp3) is 0.118. The molecule has 0 fully saturated rings.